The molecule has 0 nitrogen and oxygen atoms in total. The highest BCUT2D eigenvalue weighted by molar-refractivity contribution is 5.55. The molecule has 0 N–H and O–H groups in total. The molecule has 64 valence electrons. The lowest BCUT2D eigenvalue weighted by Crippen LogP contribution is -2.08. The number of hydrogen-bond donors (Lipinski definition) is 0. The average Bonchev–Trinajstić information content (AvgIpc) is 2.37. The zero-order valence-electron chi connectivity index (χ0n) is 8.15. The Balaban J connectivity index is 2.36. The van der Waals surface area contributed by atoms with Crippen LogP contribution in [0, 0.1) is 5.41 Å². The topological polar surface area (TPSA) is 0 Å². The summed E-state index contributed by atoms with van der Waals surface area (Å²) in [5.74, 6) is 0. The van der Waals surface area contributed by atoms with Crippen LogP contribution in [0.3, 0.4) is 0 Å². The van der Waals surface area contributed by atoms with Gasteiger partial charge in [-0.05, 0) is 29.4 Å². The molecular formula is C12H16. The zero-order chi connectivity index (χ0) is 8.77. The highest BCUT2D eigenvalue weighted by Crippen LogP contribution is 2.42. The first kappa shape index (κ1) is 7.85. The van der Waals surface area contributed by atoms with E-state index in [9.17, 15) is 0 Å². The minimum atomic E-state index is 0.325. The van der Waals surface area contributed by atoms with E-state index in [-0.39, 0.29) is 0 Å². The van der Waals surface area contributed by atoms with Crippen LogP contribution in [0.25, 0.3) is 0 Å². The monoisotopic (exact) mass is 160 g/mol. The van der Waals surface area contributed by atoms with Gasteiger partial charge in [-0.3, -0.25) is 0 Å². The first-order valence-corrected chi connectivity index (χ1v) is 4.68. The zero-order valence-corrected chi connectivity index (χ0v) is 8.15. The van der Waals surface area contributed by atoms with Crippen molar-refractivity contribution in [2.45, 2.75) is 33.6 Å². The third-order valence-corrected chi connectivity index (χ3v) is 2.68. The molecule has 0 heterocycles. The molecule has 2 aliphatic rings. The first-order chi connectivity index (χ1) is 5.59. The Morgan fingerprint density at radius 1 is 1.17 bits per heavy atom. The molecule has 0 spiro atoms. The Kier molecular flexibility index (Phi) is 1.54. The van der Waals surface area contributed by atoms with Gasteiger partial charge in [-0.25, -0.2) is 0 Å². The molecule has 0 bridgehead atoms. The number of allylic oxidation sites excluding steroid dienone is 6. The van der Waals surface area contributed by atoms with Crippen LogP contribution in [-0.2, 0) is 0 Å². The van der Waals surface area contributed by atoms with Crippen molar-refractivity contribution in [2.24, 2.45) is 5.41 Å². The standard InChI is InChI=1S/C12H16/c1-12(2,3)11-8-7-9-5-4-6-10(9)11/h4,6,8H,5,7H2,1-3H3. The van der Waals surface area contributed by atoms with Gasteiger partial charge in [0.05, 0.1) is 0 Å². The van der Waals surface area contributed by atoms with Crippen LogP contribution >= 0.6 is 0 Å². The Morgan fingerprint density at radius 2 is 1.92 bits per heavy atom. The second-order valence-corrected chi connectivity index (χ2v) is 4.70. The minimum absolute atomic E-state index is 0.325. The second-order valence-electron chi connectivity index (χ2n) is 4.70. The van der Waals surface area contributed by atoms with E-state index in [0.29, 0.717) is 5.41 Å². The Hall–Kier alpha value is -0.780. The van der Waals surface area contributed by atoms with Crippen molar-refractivity contribution in [3.05, 3.63) is 34.9 Å². The van der Waals surface area contributed by atoms with Crippen LogP contribution in [0.15, 0.2) is 34.9 Å². The van der Waals surface area contributed by atoms with Crippen LogP contribution < -0.4 is 0 Å². The van der Waals surface area contributed by atoms with Crippen LogP contribution in [0.4, 0.5) is 0 Å². The fourth-order valence-electron chi connectivity index (χ4n) is 2.07. The summed E-state index contributed by atoms with van der Waals surface area (Å²) < 4.78 is 0. The number of rotatable bonds is 0. The van der Waals surface area contributed by atoms with Crippen molar-refractivity contribution >= 4 is 0 Å². The maximum Gasteiger partial charge on any atom is -0.0120 e. The Morgan fingerprint density at radius 3 is 2.58 bits per heavy atom. The maximum absolute atomic E-state index is 2.40. The Labute approximate surface area is 74.7 Å². The van der Waals surface area contributed by atoms with Crippen molar-refractivity contribution in [3.8, 4) is 0 Å². The van der Waals surface area contributed by atoms with Gasteiger partial charge in [-0.1, -0.05) is 44.6 Å². The summed E-state index contributed by atoms with van der Waals surface area (Å²) in [6, 6.07) is 0. The minimum Gasteiger partial charge on any atom is -0.0798 e. The summed E-state index contributed by atoms with van der Waals surface area (Å²) >= 11 is 0. The van der Waals surface area contributed by atoms with Crippen LogP contribution in [0.1, 0.15) is 33.6 Å². The summed E-state index contributed by atoms with van der Waals surface area (Å²) in [6.45, 7) is 6.88. The Bertz CT molecular complexity index is 292. The SMILES string of the molecule is CC(C)(C)C1=CCC2=C1C=CC2. The van der Waals surface area contributed by atoms with Crippen LogP contribution in [0.5, 0.6) is 0 Å². The van der Waals surface area contributed by atoms with E-state index in [4.69, 9.17) is 0 Å². The van der Waals surface area contributed by atoms with Crippen LogP contribution in [0.2, 0.25) is 0 Å². The molecule has 0 fully saturated rings. The molecule has 0 heteroatoms. The molecule has 0 aliphatic heterocycles. The van der Waals surface area contributed by atoms with Gasteiger partial charge >= 0.3 is 0 Å². The molecule has 0 saturated heterocycles. The molecule has 0 saturated carbocycles. The lowest BCUT2D eigenvalue weighted by Gasteiger charge is -2.21. The van der Waals surface area contributed by atoms with Crippen molar-refractivity contribution in [1.29, 1.82) is 0 Å². The fourth-order valence-corrected chi connectivity index (χ4v) is 2.07. The molecule has 0 unspecified atom stereocenters. The van der Waals surface area contributed by atoms with Gasteiger partial charge in [-0.15, -0.1) is 0 Å². The summed E-state index contributed by atoms with van der Waals surface area (Å²) in [4.78, 5) is 0. The molecule has 0 aromatic carbocycles. The maximum atomic E-state index is 2.40. The molecule has 2 rings (SSSR count). The molecule has 0 aromatic rings. The first-order valence-electron chi connectivity index (χ1n) is 4.68. The van der Waals surface area contributed by atoms with Gasteiger partial charge in [0, 0.05) is 0 Å². The van der Waals surface area contributed by atoms with Crippen molar-refractivity contribution in [3.63, 3.8) is 0 Å². The van der Waals surface area contributed by atoms with Crippen molar-refractivity contribution < 1.29 is 0 Å². The quantitative estimate of drug-likeness (QED) is 0.507. The van der Waals surface area contributed by atoms with Gasteiger partial charge in [-0.2, -0.15) is 0 Å². The summed E-state index contributed by atoms with van der Waals surface area (Å²) in [6.07, 6.45) is 9.34. The second kappa shape index (κ2) is 2.35. The van der Waals surface area contributed by atoms with Gasteiger partial charge in [0.1, 0.15) is 0 Å². The van der Waals surface area contributed by atoms with E-state index in [0.717, 1.165) is 0 Å². The van der Waals surface area contributed by atoms with E-state index >= 15 is 0 Å². The van der Waals surface area contributed by atoms with Gasteiger partial charge in [0.15, 0.2) is 0 Å². The van der Waals surface area contributed by atoms with E-state index in [1.54, 1.807) is 11.1 Å². The molecular weight excluding hydrogens is 144 g/mol. The smallest absolute Gasteiger partial charge is 0.0120 e. The summed E-state index contributed by atoms with van der Waals surface area (Å²) in [5, 5.41) is 0. The lowest BCUT2D eigenvalue weighted by atomic mass is 9.83. The molecule has 2 aliphatic carbocycles. The summed E-state index contributed by atoms with van der Waals surface area (Å²) in [5.41, 5.74) is 5.03. The molecule has 12 heavy (non-hydrogen) atoms. The molecule has 0 radical (unpaired) electrons. The van der Waals surface area contributed by atoms with Crippen LogP contribution in [-0.4, -0.2) is 0 Å². The normalized spacial score (nSPS) is 21.8. The van der Waals surface area contributed by atoms with Gasteiger partial charge in [0.2, 0.25) is 0 Å². The molecule has 0 aromatic heterocycles. The predicted molar refractivity (Wildman–Crippen MR) is 52.9 cm³/mol. The van der Waals surface area contributed by atoms with E-state index < -0.39 is 0 Å². The van der Waals surface area contributed by atoms with Gasteiger partial charge in [0.25, 0.3) is 0 Å². The summed E-state index contributed by atoms with van der Waals surface area (Å²) in [7, 11) is 0. The number of hydrogen-bond acceptors (Lipinski definition) is 0. The molecule has 0 atom stereocenters. The van der Waals surface area contributed by atoms with E-state index in [2.05, 4.69) is 39.0 Å². The third-order valence-electron chi connectivity index (χ3n) is 2.68. The third kappa shape index (κ3) is 1.06. The molecule has 0 amide bonds. The predicted octanol–water partition coefficient (Wildman–Crippen LogP) is 3.62. The highest BCUT2D eigenvalue weighted by atomic mass is 14.3. The highest BCUT2D eigenvalue weighted by Gasteiger charge is 2.26. The van der Waals surface area contributed by atoms with E-state index in [1.165, 1.54) is 18.4 Å². The van der Waals surface area contributed by atoms with Crippen molar-refractivity contribution in [1.82, 2.24) is 0 Å². The largest absolute Gasteiger partial charge is 0.0798 e. The lowest BCUT2D eigenvalue weighted by molar-refractivity contribution is 0.514. The fraction of sp³-hybridized carbons (Fsp3) is 0.500. The average molecular weight is 160 g/mol. The van der Waals surface area contributed by atoms with Gasteiger partial charge < -0.3 is 0 Å². The van der Waals surface area contributed by atoms with Crippen molar-refractivity contribution in [2.75, 3.05) is 0 Å². The van der Waals surface area contributed by atoms with E-state index in [1.807, 2.05) is 0 Å².